The van der Waals surface area contributed by atoms with Gasteiger partial charge in [0.1, 0.15) is 23.4 Å². The summed E-state index contributed by atoms with van der Waals surface area (Å²) in [5, 5.41) is 13.6. The van der Waals surface area contributed by atoms with Crippen molar-refractivity contribution in [3.8, 4) is 17.2 Å². The zero-order chi connectivity index (χ0) is 27.5. The van der Waals surface area contributed by atoms with Gasteiger partial charge in [0.25, 0.3) is 5.91 Å². The van der Waals surface area contributed by atoms with Gasteiger partial charge in [-0.05, 0) is 61.4 Å². The lowest BCUT2D eigenvalue weighted by Crippen LogP contribution is -2.44. The Kier molecular flexibility index (Phi) is 8.26. The number of amides is 1. The molecule has 5 rings (SSSR count). The second kappa shape index (κ2) is 11.8. The molecule has 2 N–H and O–H groups in total. The highest BCUT2D eigenvalue weighted by atomic mass is 35.5. The first kappa shape index (κ1) is 27.2. The molecular formula is C28H25Cl3N2O6. The fourth-order valence-corrected chi connectivity index (χ4v) is 5.49. The number of carbonyl (C=O) groups excluding carboxylic acids is 1. The number of hydrogen-bond acceptors (Lipinski definition) is 6. The largest absolute Gasteiger partial charge is 0.506 e. The highest BCUT2D eigenvalue weighted by molar-refractivity contribution is 6.36. The van der Waals surface area contributed by atoms with Crippen LogP contribution >= 0.6 is 34.8 Å². The summed E-state index contributed by atoms with van der Waals surface area (Å²) in [5.74, 6) is 1.12. The first-order valence-electron chi connectivity index (χ1n) is 12.4. The van der Waals surface area contributed by atoms with Crippen molar-refractivity contribution >= 4 is 52.6 Å². The zero-order valence-corrected chi connectivity index (χ0v) is 22.9. The van der Waals surface area contributed by atoms with Crippen LogP contribution < -0.4 is 19.7 Å². The number of anilines is 1. The fraction of sp³-hybridized carbons (Fsp3) is 0.286. The molecule has 0 bridgehead atoms. The van der Waals surface area contributed by atoms with E-state index >= 15 is 0 Å². The molecular weight excluding hydrogens is 567 g/mol. The SMILES string of the molecule is O=C(O)OC1CCOc2cc(Oc3ccc(C(=O)NC4CCN(c5ccc(Cl)cc5Cl)CC4)cc3)c(Cl)cc21. The van der Waals surface area contributed by atoms with Crippen LogP contribution in [0.3, 0.4) is 0 Å². The molecule has 0 aliphatic carbocycles. The molecule has 8 nitrogen and oxygen atoms in total. The standard InChI is InChI=1S/C28H25Cl3N2O6/c29-17-3-6-23(21(30)13-17)33-10-7-18(8-11-33)32-27(34)16-1-4-19(5-2-16)38-26-15-25-20(14-22(26)31)24(9-12-37-25)39-28(35)36/h1-6,13-15,18,24H,7-12H2,(H,32,34)(H,35,36). The van der Waals surface area contributed by atoms with E-state index < -0.39 is 12.3 Å². The van der Waals surface area contributed by atoms with E-state index in [1.54, 1.807) is 42.5 Å². The summed E-state index contributed by atoms with van der Waals surface area (Å²) in [6.45, 7) is 1.85. The topological polar surface area (TPSA) is 97.3 Å². The Morgan fingerprint density at radius 3 is 2.38 bits per heavy atom. The van der Waals surface area contributed by atoms with Gasteiger partial charge in [-0.3, -0.25) is 4.79 Å². The summed E-state index contributed by atoms with van der Waals surface area (Å²) < 4.78 is 16.5. The molecule has 2 heterocycles. The van der Waals surface area contributed by atoms with E-state index in [4.69, 9.17) is 54.1 Å². The Hall–Kier alpha value is -3.33. The number of ether oxygens (including phenoxy) is 3. The molecule has 1 fully saturated rings. The van der Waals surface area contributed by atoms with Crippen molar-refractivity contribution in [3.63, 3.8) is 0 Å². The van der Waals surface area contributed by atoms with E-state index in [0.29, 0.717) is 51.4 Å². The van der Waals surface area contributed by atoms with Crippen molar-refractivity contribution in [1.82, 2.24) is 5.32 Å². The monoisotopic (exact) mass is 590 g/mol. The zero-order valence-electron chi connectivity index (χ0n) is 20.7. The van der Waals surface area contributed by atoms with Crippen molar-refractivity contribution in [2.24, 2.45) is 0 Å². The molecule has 0 saturated carbocycles. The van der Waals surface area contributed by atoms with Crippen LogP contribution in [0.15, 0.2) is 54.6 Å². The number of carbonyl (C=O) groups is 2. The minimum Gasteiger partial charge on any atom is -0.493 e. The molecule has 2 aliphatic rings. The second-order valence-corrected chi connectivity index (χ2v) is 10.5. The lowest BCUT2D eigenvalue weighted by Gasteiger charge is -2.34. The van der Waals surface area contributed by atoms with Gasteiger partial charge in [0.05, 0.1) is 22.3 Å². The number of halogens is 3. The minimum absolute atomic E-state index is 0.0546. The number of hydrogen-bond donors (Lipinski definition) is 2. The predicted octanol–water partition coefficient (Wildman–Crippen LogP) is 7.36. The van der Waals surface area contributed by atoms with E-state index in [-0.39, 0.29) is 17.0 Å². The van der Waals surface area contributed by atoms with Crippen molar-refractivity contribution in [3.05, 3.63) is 80.8 Å². The van der Waals surface area contributed by atoms with Crippen molar-refractivity contribution in [2.45, 2.75) is 31.4 Å². The van der Waals surface area contributed by atoms with Crippen molar-refractivity contribution in [2.75, 3.05) is 24.6 Å². The van der Waals surface area contributed by atoms with E-state index in [1.807, 2.05) is 12.1 Å². The average molecular weight is 592 g/mol. The highest BCUT2D eigenvalue weighted by Gasteiger charge is 2.27. The molecule has 0 spiro atoms. The number of benzene rings is 3. The summed E-state index contributed by atoms with van der Waals surface area (Å²) in [6.07, 6.45) is -0.0265. The molecule has 1 unspecified atom stereocenters. The van der Waals surface area contributed by atoms with Gasteiger partial charge in [-0.2, -0.15) is 0 Å². The first-order valence-corrected chi connectivity index (χ1v) is 13.5. The van der Waals surface area contributed by atoms with Crippen LogP contribution in [0.4, 0.5) is 10.5 Å². The molecule has 2 aliphatic heterocycles. The fourth-order valence-electron chi connectivity index (χ4n) is 4.75. The molecule has 3 aromatic rings. The van der Waals surface area contributed by atoms with Gasteiger partial charge in [-0.1, -0.05) is 34.8 Å². The third-order valence-electron chi connectivity index (χ3n) is 6.72. The number of nitrogens with zero attached hydrogens (tertiary/aromatic N) is 1. The summed E-state index contributed by atoms with van der Waals surface area (Å²) >= 11 is 18.8. The van der Waals surface area contributed by atoms with Gasteiger partial charge in [-0.25, -0.2) is 4.79 Å². The van der Waals surface area contributed by atoms with E-state index in [1.165, 1.54) is 0 Å². The Balaban J connectivity index is 1.17. The first-order chi connectivity index (χ1) is 18.8. The Bertz CT molecular complexity index is 1380. The quantitative estimate of drug-likeness (QED) is 0.289. The second-order valence-electron chi connectivity index (χ2n) is 9.29. The number of fused-ring (bicyclic) bond motifs is 1. The predicted molar refractivity (Wildman–Crippen MR) is 149 cm³/mol. The molecule has 1 atom stereocenters. The van der Waals surface area contributed by atoms with Crippen LogP contribution in [0.25, 0.3) is 0 Å². The Labute approximate surface area is 240 Å². The van der Waals surface area contributed by atoms with Crippen LogP contribution in [-0.4, -0.2) is 42.9 Å². The summed E-state index contributed by atoms with van der Waals surface area (Å²) in [4.78, 5) is 26.0. The Morgan fingerprint density at radius 2 is 1.69 bits per heavy atom. The van der Waals surface area contributed by atoms with Crippen LogP contribution in [0.5, 0.6) is 17.2 Å². The number of nitrogens with one attached hydrogen (secondary N) is 1. The molecule has 0 radical (unpaired) electrons. The number of carboxylic acid groups (broad SMARTS) is 1. The van der Waals surface area contributed by atoms with Crippen LogP contribution in [0.1, 0.15) is 41.3 Å². The molecule has 1 saturated heterocycles. The van der Waals surface area contributed by atoms with E-state index in [0.717, 1.165) is 31.6 Å². The lowest BCUT2D eigenvalue weighted by molar-refractivity contribution is 0.0326. The van der Waals surface area contributed by atoms with Crippen molar-refractivity contribution < 1.29 is 28.9 Å². The molecule has 11 heteroatoms. The molecule has 0 aromatic heterocycles. The van der Waals surface area contributed by atoms with Gasteiger partial charge in [0.2, 0.25) is 0 Å². The smallest absolute Gasteiger partial charge is 0.493 e. The molecule has 39 heavy (non-hydrogen) atoms. The normalized spacial score (nSPS) is 17.1. The third kappa shape index (κ3) is 6.46. The average Bonchev–Trinajstić information content (AvgIpc) is 2.90. The molecule has 1 amide bonds. The van der Waals surface area contributed by atoms with Crippen molar-refractivity contribution in [1.29, 1.82) is 0 Å². The van der Waals surface area contributed by atoms with Gasteiger partial charge >= 0.3 is 6.16 Å². The molecule has 204 valence electrons. The summed E-state index contributed by atoms with van der Waals surface area (Å²) in [6, 6.07) is 15.5. The third-order valence-corrected chi connectivity index (χ3v) is 7.55. The van der Waals surface area contributed by atoms with Gasteiger partial charge in [-0.15, -0.1) is 0 Å². The lowest BCUT2D eigenvalue weighted by atomic mass is 10.0. The minimum atomic E-state index is -1.36. The van der Waals surface area contributed by atoms with Crippen LogP contribution in [0.2, 0.25) is 15.1 Å². The number of rotatable bonds is 6. The maximum atomic E-state index is 12.9. The molecule has 3 aromatic carbocycles. The van der Waals surface area contributed by atoms with Crippen LogP contribution in [0, 0.1) is 0 Å². The highest BCUT2D eigenvalue weighted by Crippen LogP contribution is 2.42. The Morgan fingerprint density at radius 1 is 0.949 bits per heavy atom. The van der Waals surface area contributed by atoms with Gasteiger partial charge in [0.15, 0.2) is 0 Å². The van der Waals surface area contributed by atoms with Gasteiger partial charge in [0, 0.05) is 47.8 Å². The maximum Gasteiger partial charge on any atom is 0.506 e. The number of piperidine rings is 1. The summed E-state index contributed by atoms with van der Waals surface area (Å²) in [7, 11) is 0. The van der Waals surface area contributed by atoms with Gasteiger partial charge < -0.3 is 29.5 Å². The van der Waals surface area contributed by atoms with Crippen LogP contribution in [-0.2, 0) is 4.74 Å². The summed E-state index contributed by atoms with van der Waals surface area (Å²) in [5.41, 5.74) is 2.01. The van der Waals surface area contributed by atoms with E-state index in [2.05, 4.69) is 10.2 Å². The van der Waals surface area contributed by atoms with E-state index in [9.17, 15) is 9.59 Å². The maximum absolute atomic E-state index is 12.9.